The predicted octanol–water partition coefficient (Wildman–Crippen LogP) is 16.0. The van der Waals surface area contributed by atoms with Gasteiger partial charge in [0, 0.05) is 57.8 Å². The highest BCUT2D eigenvalue weighted by atomic mass is 35.5. The Balaban J connectivity index is 0.000000316. The molecule has 0 bridgehead atoms. The molecule has 6 aromatic carbocycles. The number of hydrogen-bond acceptors (Lipinski definition) is 8. The summed E-state index contributed by atoms with van der Waals surface area (Å²) in [5.41, 5.74) is -13.5. The number of benzene rings is 6. The fourth-order valence-corrected chi connectivity index (χ4v) is 8.24. The molecule has 0 unspecified atom stereocenters. The quantitative estimate of drug-likeness (QED) is 0.0614. The van der Waals surface area contributed by atoms with E-state index >= 15 is 0 Å². The molecule has 85 heavy (non-hydrogen) atoms. The summed E-state index contributed by atoms with van der Waals surface area (Å²) in [5, 5.41) is 34.9. The number of rotatable bonds is 12. The highest BCUT2D eigenvalue weighted by Gasteiger charge is 2.74. The van der Waals surface area contributed by atoms with Crippen molar-refractivity contribution in [1.82, 2.24) is 0 Å². The van der Waals surface area contributed by atoms with Crippen molar-refractivity contribution in [1.29, 1.82) is 15.8 Å². The fraction of sp³-hybridized carbons (Fsp3) is 0.241. The van der Waals surface area contributed by atoms with Gasteiger partial charge in [0.15, 0.2) is 5.69 Å². The predicted molar refractivity (Wildman–Crippen MR) is 285 cm³/mol. The molecule has 0 aromatic heterocycles. The zero-order valence-electron chi connectivity index (χ0n) is 44.8. The number of anilines is 4. The van der Waals surface area contributed by atoms with Crippen molar-refractivity contribution in [2.45, 2.75) is 77.6 Å². The van der Waals surface area contributed by atoms with Gasteiger partial charge in [0.05, 0.1) is 40.7 Å². The summed E-state index contributed by atoms with van der Waals surface area (Å²) in [7, 11) is 0. The Morgan fingerprint density at radius 1 is 0.529 bits per heavy atom. The number of nitriles is 3. The third-order valence-corrected chi connectivity index (χ3v) is 12.6. The zero-order chi connectivity index (χ0) is 64.4. The molecule has 444 valence electrons. The molecule has 3 amide bonds. The molecule has 12 nitrogen and oxygen atoms in total. The molecule has 27 heteroatoms. The Hall–Kier alpha value is -9.53. The van der Waals surface area contributed by atoms with E-state index in [1.165, 1.54) is 77.7 Å². The third-order valence-electron chi connectivity index (χ3n) is 12.4. The second-order valence-electron chi connectivity index (χ2n) is 18.1. The van der Waals surface area contributed by atoms with E-state index in [9.17, 15) is 85.9 Å². The Morgan fingerprint density at radius 3 is 1.25 bits per heavy atom. The minimum absolute atomic E-state index is 0.0331. The van der Waals surface area contributed by atoms with Gasteiger partial charge < -0.3 is 20.9 Å². The van der Waals surface area contributed by atoms with E-state index in [1.54, 1.807) is 26.0 Å². The van der Waals surface area contributed by atoms with Crippen LogP contribution >= 0.6 is 11.6 Å². The van der Waals surface area contributed by atoms with Crippen molar-refractivity contribution in [2.75, 3.05) is 33.9 Å². The first kappa shape index (κ1) is 68.0. The Labute approximate surface area is 480 Å². The number of halogens is 15. The number of nitrogens with zero attached hydrogens (tertiary/aromatic N) is 5. The molecule has 0 heterocycles. The minimum Gasteiger partial charge on any atom is -0.384 e. The van der Waals surface area contributed by atoms with E-state index in [0.29, 0.717) is 53.3 Å². The minimum atomic E-state index is -6.30. The van der Waals surface area contributed by atoms with Crippen LogP contribution in [-0.2, 0) is 11.3 Å². The Bertz CT molecular complexity index is 3610. The second kappa shape index (κ2) is 26.8. The number of nitrogens with one attached hydrogen (secondary N) is 3. The van der Waals surface area contributed by atoms with Gasteiger partial charge in [0.2, 0.25) is 0 Å². The largest absolute Gasteiger partial charge is 0.435 e. The first-order chi connectivity index (χ1) is 39.4. The van der Waals surface area contributed by atoms with Crippen LogP contribution in [0.15, 0.2) is 109 Å². The van der Waals surface area contributed by atoms with E-state index in [0.717, 1.165) is 27.7 Å². The van der Waals surface area contributed by atoms with Crippen molar-refractivity contribution in [3.63, 3.8) is 0 Å². The van der Waals surface area contributed by atoms with Gasteiger partial charge in [-0.2, -0.15) is 68.5 Å². The molecule has 0 saturated carbocycles. The van der Waals surface area contributed by atoms with Gasteiger partial charge in [-0.05, 0) is 136 Å². The molecule has 3 N–H and O–H groups in total. The molecular weight excluding hydrogens is 1170 g/mol. The van der Waals surface area contributed by atoms with E-state index in [-0.39, 0.29) is 73.7 Å². The summed E-state index contributed by atoms with van der Waals surface area (Å²) in [5.74, 6) is -2.12. The molecule has 0 saturated heterocycles. The average molecular weight is 1220 g/mol. The summed E-state index contributed by atoms with van der Waals surface area (Å²) >= 11 is 5.18. The molecule has 0 aliphatic carbocycles. The van der Waals surface area contributed by atoms with Gasteiger partial charge in [0.1, 0.15) is 12.1 Å². The lowest BCUT2D eigenvalue weighted by atomic mass is 9.90. The topological polar surface area (TPSA) is 183 Å². The average Bonchev–Trinajstić information content (AvgIpc) is 0.996. The lowest BCUT2D eigenvalue weighted by Gasteiger charge is -2.31. The van der Waals surface area contributed by atoms with Crippen LogP contribution in [0.25, 0.3) is 4.85 Å². The zero-order valence-corrected chi connectivity index (χ0v) is 45.6. The molecule has 0 radical (unpaired) electrons. The maximum Gasteiger partial charge on any atom is 0.435 e. The molecule has 6 rings (SSSR count). The highest BCUT2D eigenvalue weighted by Crippen LogP contribution is 2.55. The Kier molecular flexibility index (Phi) is 21.4. The van der Waals surface area contributed by atoms with E-state index in [1.807, 2.05) is 18.2 Å². The monoisotopic (exact) mass is 1220 g/mol. The molecule has 6 aromatic rings. The summed E-state index contributed by atoms with van der Waals surface area (Å²) in [6.07, 6.45) is -25.1. The summed E-state index contributed by atoms with van der Waals surface area (Å²) in [6.45, 7) is 15.1. The molecule has 0 spiro atoms. The summed E-state index contributed by atoms with van der Waals surface area (Å²) in [6, 6.07) is 27.1. The van der Waals surface area contributed by atoms with Crippen molar-refractivity contribution in [3.05, 3.63) is 193 Å². The molecule has 0 fully saturated rings. The highest BCUT2D eigenvalue weighted by molar-refractivity contribution is 6.67. The van der Waals surface area contributed by atoms with Gasteiger partial charge in [0.25, 0.3) is 23.0 Å². The molecular formula is C58H43ClF14N8O4. The lowest BCUT2D eigenvalue weighted by Crippen LogP contribution is -2.50. The lowest BCUT2D eigenvalue weighted by molar-refractivity contribution is -0.349. The van der Waals surface area contributed by atoms with Crippen molar-refractivity contribution < 1.29 is 80.6 Å². The van der Waals surface area contributed by atoms with Gasteiger partial charge in [-0.3, -0.25) is 19.2 Å². The number of carbonyl (C=O) groups excluding carboxylic acids is 4. The maximum atomic E-state index is 14.6. The van der Waals surface area contributed by atoms with Crippen molar-refractivity contribution >= 4 is 63.0 Å². The van der Waals surface area contributed by atoms with E-state index in [2.05, 4.69) is 20.8 Å². The van der Waals surface area contributed by atoms with Crippen LogP contribution in [0.3, 0.4) is 0 Å². The molecule has 0 atom stereocenters. The third kappa shape index (κ3) is 15.0. The molecule has 0 aliphatic heterocycles. The number of amides is 3. The van der Waals surface area contributed by atoms with Crippen LogP contribution in [0.2, 0.25) is 0 Å². The van der Waals surface area contributed by atoms with E-state index < -0.39 is 70.1 Å². The van der Waals surface area contributed by atoms with Gasteiger partial charge in [-0.1, -0.05) is 48.5 Å². The summed E-state index contributed by atoms with van der Waals surface area (Å²) in [4.78, 5) is 53.9. The van der Waals surface area contributed by atoms with Gasteiger partial charge in [-0.15, -0.1) is 0 Å². The van der Waals surface area contributed by atoms with Crippen molar-refractivity contribution in [3.8, 4) is 18.2 Å². The Morgan fingerprint density at radius 2 is 0.906 bits per heavy atom. The van der Waals surface area contributed by atoms with Gasteiger partial charge >= 0.3 is 36.0 Å². The normalized spacial score (nSPS) is 11.6. The number of carbonyl (C=O) groups is 4. The van der Waals surface area contributed by atoms with Crippen LogP contribution in [0.5, 0.6) is 0 Å². The smallest absolute Gasteiger partial charge is 0.384 e. The maximum absolute atomic E-state index is 14.6. The van der Waals surface area contributed by atoms with Crippen LogP contribution in [-0.4, -0.2) is 60.8 Å². The van der Waals surface area contributed by atoms with Crippen LogP contribution in [0, 0.1) is 68.3 Å². The first-order valence-electron chi connectivity index (χ1n) is 24.2. The van der Waals surface area contributed by atoms with Gasteiger partial charge in [-0.25, -0.2) is 13.6 Å². The van der Waals surface area contributed by atoms with Crippen LogP contribution in [0.1, 0.15) is 105 Å². The number of alkyl halides is 14. The standard InChI is InChI=1S/C29H21F7N4O2.C21H18F7N3O.C8H4ClNO/c1-4-40(26(42)19-7-5-18(14-37)6-8-19)23-13-20(9-10-21(23)15-38)25(41)39-24-16(2)11-22(12-17(24)3)27(30,28(31,32)33)29(34,35)36;1-4-30-16-9-13(5-6-14(16)10-29)18(32)31-17-11(2)7-15(8-12(17)3)19(22,20(23,24)25)21(26,27)28;1-10-7-4-2-6(3-5-7)8(9)11/h5-13H,4H2,1-3H3,(H,39,41);5-9,30H,4H2,1-3H3,(H,31,32);2-5H. The van der Waals surface area contributed by atoms with E-state index in [4.69, 9.17) is 28.7 Å². The second-order valence-corrected chi connectivity index (χ2v) is 18.4. The van der Waals surface area contributed by atoms with Crippen molar-refractivity contribution in [2.24, 2.45) is 0 Å². The van der Waals surface area contributed by atoms with Crippen LogP contribution < -0.4 is 20.9 Å². The number of aryl methyl sites for hydroxylation is 4. The number of hydrogen-bond donors (Lipinski definition) is 3. The molecule has 0 aliphatic rings. The SMILES string of the molecule is CCN(C(=O)c1ccc(C#N)cc1)c1cc(C(=O)Nc2c(C)cc(C(F)(C(F)(F)F)C(F)(F)F)cc2C)ccc1C#N.CCNc1cc(C(=O)Nc2c(C)cc(C(F)(C(F)(F)F)C(F)(F)F)cc2C)ccc1C#N.[C-]#[N+]c1ccc(C(=O)Cl)cc1. The fourth-order valence-electron chi connectivity index (χ4n) is 8.11. The summed E-state index contributed by atoms with van der Waals surface area (Å²) < 4.78 is 187. The first-order valence-corrected chi connectivity index (χ1v) is 24.6. The van der Waals surface area contributed by atoms with Crippen LogP contribution in [0.4, 0.5) is 89.9 Å².